The van der Waals surface area contributed by atoms with Gasteiger partial charge in [-0.3, -0.25) is 4.79 Å². The molecule has 3 rings (SSSR count). The molecule has 0 radical (unpaired) electrons. The van der Waals surface area contributed by atoms with Gasteiger partial charge >= 0.3 is 0 Å². The van der Waals surface area contributed by atoms with E-state index in [0.717, 1.165) is 17.7 Å². The average molecular weight is 415 g/mol. The SMILES string of the molecule is COc1ccc(C2C(CO)OCCN2C(=O)c2cccc(CN(C)C)c2)cc1OC. The van der Waals surface area contributed by atoms with Gasteiger partial charge in [0.25, 0.3) is 5.91 Å². The van der Waals surface area contributed by atoms with Crippen LogP contribution in [-0.4, -0.2) is 75.0 Å². The molecule has 30 heavy (non-hydrogen) atoms. The maximum absolute atomic E-state index is 13.5. The first kappa shape index (κ1) is 22.1. The third-order valence-electron chi connectivity index (χ3n) is 5.21. The number of rotatable bonds is 7. The van der Waals surface area contributed by atoms with E-state index in [9.17, 15) is 9.90 Å². The second-order valence-corrected chi connectivity index (χ2v) is 7.59. The van der Waals surface area contributed by atoms with E-state index in [0.29, 0.717) is 30.2 Å². The first-order valence-corrected chi connectivity index (χ1v) is 9.97. The summed E-state index contributed by atoms with van der Waals surface area (Å²) in [5.74, 6) is 1.09. The van der Waals surface area contributed by atoms with Crippen LogP contribution in [0.4, 0.5) is 0 Å². The molecule has 162 valence electrons. The average Bonchev–Trinajstić information content (AvgIpc) is 2.77. The number of morpholine rings is 1. The van der Waals surface area contributed by atoms with E-state index in [1.165, 1.54) is 0 Å². The molecule has 1 aliphatic heterocycles. The number of aliphatic hydroxyl groups excluding tert-OH is 1. The van der Waals surface area contributed by atoms with E-state index >= 15 is 0 Å². The molecule has 1 amide bonds. The van der Waals surface area contributed by atoms with Gasteiger partial charge in [-0.2, -0.15) is 0 Å². The first-order chi connectivity index (χ1) is 14.5. The van der Waals surface area contributed by atoms with E-state index in [4.69, 9.17) is 14.2 Å². The summed E-state index contributed by atoms with van der Waals surface area (Å²) in [6.45, 7) is 1.37. The van der Waals surface area contributed by atoms with E-state index in [-0.39, 0.29) is 12.5 Å². The van der Waals surface area contributed by atoms with Crippen LogP contribution in [0, 0.1) is 0 Å². The fraction of sp³-hybridized carbons (Fsp3) is 0.435. The Morgan fingerprint density at radius 2 is 1.93 bits per heavy atom. The number of benzene rings is 2. The van der Waals surface area contributed by atoms with Gasteiger partial charge in [-0.05, 0) is 49.5 Å². The number of carbonyl (C=O) groups excluding carboxylic acids is 1. The Hall–Kier alpha value is -2.61. The third-order valence-corrected chi connectivity index (χ3v) is 5.21. The van der Waals surface area contributed by atoms with E-state index < -0.39 is 12.1 Å². The lowest BCUT2D eigenvalue weighted by molar-refractivity contribution is -0.0811. The van der Waals surface area contributed by atoms with Crippen LogP contribution in [0.5, 0.6) is 11.5 Å². The van der Waals surface area contributed by atoms with E-state index in [2.05, 4.69) is 4.90 Å². The topological polar surface area (TPSA) is 71.5 Å². The lowest BCUT2D eigenvalue weighted by Gasteiger charge is -2.41. The number of amides is 1. The zero-order valence-corrected chi connectivity index (χ0v) is 18.0. The highest BCUT2D eigenvalue weighted by Crippen LogP contribution is 2.36. The van der Waals surface area contributed by atoms with Crippen molar-refractivity contribution in [3.63, 3.8) is 0 Å². The molecular weight excluding hydrogens is 384 g/mol. The van der Waals surface area contributed by atoms with Gasteiger partial charge in [0.15, 0.2) is 11.5 Å². The van der Waals surface area contributed by atoms with Crippen LogP contribution >= 0.6 is 0 Å². The Morgan fingerprint density at radius 1 is 1.17 bits per heavy atom. The summed E-state index contributed by atoms with van der Waals surface area (Å²) in [5, 5.41) is 9.94. The molecular formula is C23H30N2O5. The fourth-order valence-electron chi connectivity index (χ4n) is 3.88. The van der Waals surface area contributed by atoms with E-state index in [1.54, 1.807) is 25.2 Å². The Morgan fingerprint density at radius 3 is 2.60 bits per heavy atom. The van der Waals surface area contributed by atoms with E-state index in [1.807, 2.05) is 50.5 Å². The molecule has 0 aromatic heterocycles. The number of hydrogen-bond donors (Lipinski definition) is 1. The van der Waals surface area contributed by atoms with Crippen LogP contribution in [-0.2, 0) is 11.3 Å². The summed E-state index contributed by atoms with van der Waals surface area (Å²) in [7, 11) is 7.14. The summed E-state index contributed by atoms with van der Waals surface area (Å²) in [6.07, 6.45) is -0.522. The van der Waals surface area contributed by atoms with Crippen molar-refractivity contribution in [1.29, 1.82) is 0 Å². The minimum Gasteiger partial charge on any atom is -0.493 e. The summed E-state index contributed by atoms with van der Waals surface area (Å²) in [5.41, 5.74) is 2.52. The molecule has 1 saturated heterocycles. The van der Waals surface area contributed by atoms with Crippen LogP contribution in [0.1, 0.15) is 27.5 Å². The second-order valence-electron chi connectivity index (χ2n) is 7.59. The van der Waals surface area contributed by atoms with Crippen LogP contribution < -0.4 is 9.47 Å². The van der Waals surface area contributed by atoms with Crippen molar-refractivity contribution in [3.8, 4) is 11.5 Å². The van der Waals surface area contributed by atoms with Crippen LogP contribution in [0.25, 0.3) is 0 Å². The molecule has 1 heterocycles. The number of methoxy groups -OCH3 is 2. The van der Waals surface area contributed by atoms with Gasteiger partial charge < -0.3 is 29.1 Å². The molecule has 2 aromatic carbocycles. The Labute approximate surface area is 177 Å². The molecule has 7 heteroatoms. The van der Waals surface area contributed by atoms with Crippen LogP contribution in [0.2, 0.25) is 0 Å². The first-order valence-electron chi connectivity index (χ1n) is 9.97. The zero-order chi connectivity index (χ0) is 21.7. The Kier molecular flexibility index (Phi) is 7.31. The third kappa shape index (κ3) is 4.75. The minimum atomic E-state index is -0.522. The minimum absolute atomic E-state index is 0.0860. The summed E-state index contributed by atoms with van der Waals surface area (Å²) in [6, 6.07) is 12.8. The molecule has 1 fully saturated rings. The van der Waals surface area contributed by atoms with Gasteiger partial charge in [0.1, 0.15) is 6.10 Å². The molecule has 2 atom stereocenters. The van der Waals surface area contributed by atoms with Gasteiger partial charge in [0.2, 0.25) is 0 Å². The maximum Gasteiger partial charge on any atom is 0.254 e. The molecule has 0 aliphatic carbocycles. The van der Waals surface area contributed by atoms with Crippen molar-refractivity contribution in [1.82, 2.24) is 9.80 Å². The quantitative estimate of drug-likeness (QED) is 0.750. The second kappa shape index (κ2) is 9.93. The van der Waals surface area contributed by atoms with Gasteiger partial charge in [-0.1, -0.05) is 18.2 Å². The van der Waals surface area contributed by atoms with Gasteiger partial charge in [0, 0.05) is 18.7 Å². The molecule has 2 aromatic rings. The highest BCUT2D eigenvalue weighted by atomic mass is 16.5. The zero-order valence-electron chi connectivity index (χ0n) is 18.0. The predicted molar refractivity (Wildman–Crippen MR) is 114 cm³/mol. The lowest BCUT2D eigenvalue weighted by atomic mass is 9.96. The monoisotopic (exact) mass is 414 g/mol. The Balaban J connectivity index is 1.96. The van der Waals surface area contributed by atoms with Crippen molar-refractivity contribution < 1.29 is 24.1 Å². The molecule has 1 N–H and O–H groups in total. The molecule has 0 saturated carbocycles. The highest BCUT2D eigenvalue weighted by Gasteiger charge is 2.37. The van der Waals surface area contributed by atoms with Crippen molar-refractivity contribution in [2.45, 2.75) is 18.7 Å². The summed E-state index contributed by atoms with van der Waals surface area (Å²) in [4.78, 5) is 17.3. The van der Waals surface area contributed by atoms with Crippen molar-refractivity contribution in [2.24, 2.45) is 0 Å². The van der Waals surface area contributed by atoms with Gasteiger partial charge in [0.05, 0.1) is 33.5 Å². The normalized spacial score (nSPS) is 19.1. The smallest absolute Gasteiger partial charge is 0.254 e. The number of hydrogen-bond acceptors (Lipinski definition) is 6. The molecule has 0 spiro atoms. The molecule has 1 aliphatic rings. The highest BCUT2D eigenvalue weighted by molar-refractivity contribution is 5.94. The summed E-state index contributed by atoms with van der Waals surface area (Å²) < 4.78 is 16.6. The standard InChI is InChI=1S/C23H30N2O5/c1-24(2)14-16-6-5-7-18(12-16)23(27)25-10-11-30-21(15-26)22(25)17-8-9-19(28-3)20(13-17)29-4/h5-9,12-13,21-22,26H,10-11,14-15H2,1-4H3. The molecule has 0 bridgehead atoms. The van der Waals surface area contributed by atoms with Gasteiger partial charge in [-0.15, -0.1) is 0 Å². The number of nitrogens with zero attached hydrogens (tertiary/aromatic N) is 2. The fourth-order valence-corrected chi connectivity index (χ4v) is 3.88. The molecule has 2 unspecified atom stereocenters. The van der Waals surface area contributed by atoms with Crippen molar-refractivity contribution in [3.05, 3.63) is 59.2 Å². The predicted octanol–water partition coefficient (Wildman–Crippen LogP) is 2.34. The number of aliphatic hydroxyl groups is 1. The van der Waals surface area contributed by atoms with Crippen molar-refractivity contribution >= 4 is 5.91 Å². The van der Waals surface area contributed by atoms with Crippen molar-refractivity contribution in [2.75, 3.05) is 48.1 Å². The van der Waals surface area contributed by atoms with Gasteiger partial charge in [-0.25, -0.2) is 0 Å². The molecule has 7 nitrogen and oxygen atoms in total. The van der Waals surface area contributed by atoms with Crippen LogP contribution in [0.3, 0.4) is 0 Å². The summed E-state index contributed by atoms with van der Waals surface area (Å²) >= 11 is 0. The number of ether oxygens (including phenoxy) is 3. The Bertz CT molecular complexity index is 870. The largest absolute Gasteiger partial charge is 0.493 e. The van der Waals surface area contributed by atoms with Crippen LogP contribution in [0.15, 0.2) is 42.5 Å². The maximum atomic E-state index is 13.5. The lowest BCUT2D eigenvalue weighted by Crippen LogP contribution is -2.49. The number of carbonyl (C=O) groups is 1.